The molecule has 0 spiro atoms. The van der Waals surface area contributed by atoms with Crippen LogP contribution in [0.3, 0.4) is 0 Å². The zero-order valence-corrected chi connectivity index (χ0v) is 11.3. The highest BCUT2D eigenvalue weighted by Gasteiger charge is 2.20. The molecule has 5 heteroatoms. The topological polar surface area (TPSA) is 76.7 Å². The second-order valence-electron chi connectivity index (χ2n) is 4.67. The lowest BCUT2D eigenvalue weighted by molar-refractivity contribution is 0.157. The largest absolute Gasteiger partial charge is 0.445 e. The predicted molar refractivity (Wildman–Crippen MR) is 79.5 cm³/mol. The van der Waals surface area contributed by atoms with E-state index in [2.05, 4.69) is 29.0 Å². The number of amides is 1. The maximum Gasteiger partial charge on any atom is 0.407 e. The number of nitrogens with zero attached hydrogens (tertiary/aromatic N) is 1. The highest BCUT2D eigenvalue weighted by Crippen LogP contribution is 2.27. The van der Waals surface area contributed by atoms with Crippen molar-refractivity contribution in [2.45, 2.75) is 18.9 Å². The van der Waals surface area contributed by atoms with Gasteiger partial charge in [-0.1, -0.05) is 30.9 Å². The molecule has 0 aromatic heterocycles. The van der Waals surface area contributed by atoms with Crippen molar-refractivity contribution in [3.63, 3.8) is 0 Å². The summed E-state index contributed by atoms with van der Waals surface area (Å²) in [5.41, 5.74) is 9.40. The van der Waals surface area contributed by atoms with Crippen LogP contribution in [-0.4, -0.2) is 31.0 Å². The molecule has 1 atom stereocenters. The smallest absolute Gasteiger partial charge is 0.407 e. The standard InChI is InChI=1S/C15H19N3O2/c1-2-7-20-15(19)18-10-12(16)8-11-9-17-14-6-4-3-5-13(11)14/h2-5,9,12H,1,6-8,10,16H2,(H,18,19)/t12-/m1/s1. The van der Waals surface area contributed by atoms with Gasteiger partial charge in [0.15, 0.2) is 0 Å². The van der Waals surface area contributed by atoms with Gasteiger partial charge in [0, 0.05) is 30.8 Å². The van der Waals surface area contributed by atoms with E-state index < -0.39 is 6.09 Å². The molecule has 1 aliphatic heterocycles. The van der Waals surface area contributed by atoms with Gasteiger partial charge in [-0.2, -0.15) is 0 Å². The SMILES string of the molecule is C=CCOC(=O)NC[C@H](N)CC1=CN=C2CC=CC=C12. The third-order valence-corrected chi connectivity index (χ3v) is 3.07. The number of carbonyl (C=O) groups is 1. The van der Waals surface area contributed by atoms with Gasteiger partial charge < -0.3 is 15.8 Å². The van der Waals surface area contributed by atoms with Gasteiger partial charge in [-0.25, -0.2) is 4.79 Å². The zero-order valence-electron chi connectivity index (χ0n) is 11.3. The van der Waals surface area contributed by atoms with Gasteiger partial charge in [0.2, 0.25) is 0 Å². The minimum Gasteiger partial charge on any atom is -0.445 e. The summed E-state index contributed by atoms with van der Waals surface area (Å²) in [4.78, 5) is 15.7. The summed E-state index contributed by atoms with van der Waals surface area (Å²) in [6.45, 7) is 4.04. The van der Waals surface area contributed by atoms with Crippen LogP contribution in [0.5, 0.6) is 0 Å². The summed E-state index contributed by atoms with van der Waals surface area (Å²) in [6.07, 6.45) is 10.6. The molecule has 1 heterocycles. The first-order valence-corrected chi connectivity index (χ1v) is 6.61. The van der Waals surface area contributed by atoms with Gasteiger partial charge >= 0.3 is 6.09 Å². The minimum absolute atomic E-state index is 0.168. The lowest BCUT2D eigenvalue weighted by Gasteiger charge is -2.15. The Balaban J connectivity index is 1.77. The number of alkyl carbamates (subject to hydrolysis) is 1. The third kappa shape index (κ3) is 3.68. The summed E-state index contributed by atoms with van der Waals surface area (Å²) < 4.78 is 4.82. The van der Waals surface area contributed by atoms with E-state index in [1.54, 1.807) is 0 Å². The van der Waals surface area contributed by atoms with Crippen LogP contribution >= 0.6 is 0 Å². The molecule has 0 saturated carbocycles. The number of fused-ring (bicyclic) bond motifs is 1. The van der Waals surface area contributed by atoms with Gasteiger partial charge in [-0.15, -0.1) is 0 Å². The highest BCUT2D eigenvalue weighted by atomic mass is 16.5. The van der Waals surface area contributed by atoms with Crippen molar-refractivity contribution in [2.24, 2.45) is 10.7 Å². The molecule has 20 heavy (non-hydrogen) atoms. The number of rotatable bonds is 6. The molecule has 0 aromatic rings. The number of hydrogen-bond donors (Lipinski definition) is 2. The first-order valence-electron chi connectivity index (χ1n) is 6.61. The van der Waals surface area contributed by atoms with E-state index in [4.69, 9.17) is 10.5 Å². The average molecular weight is 273 g/mol. The molecule has 0 aromatic carbocycles. The number of ether oxygens (including phenoxy) is 1. The van der Waals surface area contributed by atoms with Gasteiger partial charge in [0.05, 0.1) is 5.71 Å². The first-order chi connectivity index (χ1) is 9.70. The van der Waals surface area contributed by atoms with Crippen molar-refractivity contribution in [1.82, 2.24) is 5.32 Å². The molecule has 5 nitrogen and oxygen atoms in total. The van der Waals surface area contributed by atoms with Gasteiger partial charge in [0.1, 0.15) is 6.61 Å². The van der Waals surface area contributed by atoms with Crippen molar-refractivity contribution in [3.8, 4) is 0 Å². The average Bonchev–Trinajstić information content (AvgIpc) is 2.86. The zero-order chi connectivity index (χ0) is 14.4. The molecule has 2 aliphatic rings. The summed E-state index contributed by atoms with van der Waals surface area (Å²) in [7, 11) is 0. The van der Waals surface area contributed by atoms with Crippen LogP contribution in [-0.2, 0) is 4.74 Å². The molecule has 0 radical (unpaired) electrons. The van der Waals surface area contributed by atoms with E-state index in [0.29, 0.717) is 13.0 Å². The molecule has 0 bridgehead atoms. The lowest BCUT2D eigenvalue weighted by Crippen LogP contribution is -2.37. The quantitative estimate of drug-likeness (QED) is 0.725. The summed E-state index contributed by atoms with van der Waals surface area (Å²) in [6, 6.07) is -0.168. The molecule has 106 valence electrons. The van der Waals surface area contributed by atoms with E-state index in [1.807, 2.05) is 12.3 Å². The Morgan fingerprint density at radius 1 is 1.65 bits per heavy atom. The number of nitrogens with two attached hydrogens (primary N) is 1. The first kappa shape index (κ1) is 14.3. The van der Waals surface area contributed by atoms with Crippen LogP contribution in [0.4, 0.5) is 4.79 Å². The third-order valence-electron chi connectivity index (χ3n) is 3.07. The molecule has 1 amide bonds. The molecule has 2 rings (SSSR count). The maximum atomic E-state index is 11.3. The van der Waals surface area contributed by atoms with Crippen molar-refractivity contribution >= 4 is 11.8 Å². The predicted octanol–water partition coefficient (Wildman–Crippen LogP) is 1.84. The molecule has 3 N–H and O–H groups in total. The lowest BCUT2D eigenvalue weighted by atomic mass is 9.94. The normalized spacial score (nSPS) is 17.6. The fourth-order valence-corrected chi connectivity index (χ4v) is 2.11. The van der Waals surface area contributed by atoms with Gasteiger partial charge in [-0.05, 0) is 12.0 Å². The van der Waals surface area contributed by atoms with E-state index in [1.165, 1.54) is 6.08 Å². The summed E-state index contributed by atoms with van der Waals surface area (Å²) >= 11 is 0. The van der Waals surface area contributed by atoms with E-state index in [-0.39, 0.29) is 12.6 Å². The van der Waals surface area contributed by atoms with Crippen molar-refractivity contribution in [3.05, 3.63) is 48.2 Å². The second kappa shape index (κ2) is 6.86. The number of aliphatic imine (C=N–C) groups is 1. The summed E-state index contributed by atoms with van der Waals surface area (Å²) in [5.74, 6) is 0. The van der Waals surface area contributed by atoms with Crippen LogP contribution in [0.15, 0.2) is 53.2 Å². The second-order valence-corrected chi connectivity index (χ2v) is 4.67. The van der Waals surface area contributed by atoms with Crippen LogP contribution in [0, 0.1) is 0 Å². The number of allylic oxidation sites excluding steroid dienone is 4. The molecular formula is C15H19N3O2. The van der Waals surface area contributed by atoms with Crippen LogP contribution < -0.4 is 11.1 Å². The Morgan fingerprint density at radius 3 is 3.30 bits per heavy atom. The molecular weight excluding hydrogens is 254 g/mol. The highest BCUT2D eigenvalue weighted by molar-refractivity contribution is 6.08. The van der Waals surface area contributed by atoms with E-state index in [0.717, 1.165) is 23.3 Å². The Hall–Kier alpha value is -2.14. The number of carbonyl (C=O) groups excluding carboxylic acids is 1. The Morgan fingerprint density at radius 2 is 2.50 bits per heavy atom. The van der Waals surface area contributed by atoms with Crippen molar-refractivity contribution in [2.75, 3.05) is 13.2 Å². The monoisotopic (exact) mass is 273 g/mol. The minimum atomic E-state index is -0.475. The van der Waals surface area contributed by atoms with Crippen LogP contribution in [0.25, 0.3) is 0 Å². The fraction of sp³-hybridized carbons (Fsp3) is 0.333. The van der Waals surface area contributed by atoms with Crippen LogP contribution in [0.1, 0.15) is 12.8 Å². The fourth-order valence-electron chi connectivity index (χ4n) is 2.11. The van der Waals surface area contributed by atoms with Crippen molar-refractivity contribution < 1.29 is 9.53 Å². The molecule has 0 unspecified atom stereocenters. The Kier molecular flexibility index (Phi) is 4.90. The van der Waals surface area contributed by atoms with E-state index >= 15 is 0 Å². The molecule has 0 fully saturated rings. The maximum absolute atomic E-state index is 11.3. The van der Waals surface area contributed by atoms with E-state index in [9.17, 15) is 4.79 Å². The number of hydrogen-bond acceptors (Lipinski definition) is 4. The Labute approximate surface area is 118 Å². The van der Waals surface area contributed by atoms with Gasteiger partial charge in [-0.3, -0.25) is 4.99 Å². The molecule has 1 aliphatic carbocycles. The number of nitrogens with one attached hydrogen (secondary N) is 1. The van der Waals surface area contributed by atoms with Crippen LogP contribution in [0.2, 0.25) is 0 Å². The molecule has 0 saturated heterocycles. The summed E-state index contributed by atoms with van der Waals surface area (Å²) in [5, 5.41) is 2.63. The Bertz CT molecular complexity index is 515. The van der Waals surface area contributed by atoms with Crippen molar-refractivity contribution in [1.29, 1.82) is 0 Å². The van der Waals surface area contributed by atoms with Gasteiger partial charge in [0.25, 0.3) is 0 Å².